The molecule has 1 aliphatic heterocycles. The summed E-state index contributed by atoms with van der Waals surface area (Å²) in [7, 11) is 1.62. The van der Waals surface area contributed by atoms with Crippen LogP contribution in [0.4, 0.5) is 14.9 Å². The molecule has 0 fully saturated rings. The fourth-order valence-electron chi connectivity index (χ4n) is 4.34. The van der Waals surface area contributed by atoms with Crippen LogP contribution in [0.2, 0.25) is 5.02 Å². The number of hydrogen-bond acceptors (Lipinski definition) is 2. The Hall–Kier alpha value is -3.51. The largest absolute Gasteiger partial charge is 0.497 e. The van der Waals surface area contributed by atoms with E-state index < -0.39 is 0 Å². The van der Waals surface area contributed by atoms with Crippen molar-refractivity contribution in [1.29, 1.82) is 0 Å². The summed E-state index contributed by atoms with van der Waals surface area (Å²) in [6, 6.07) is 18.7. The number of anilines is 1. The van der Waals surface area contributed by atoms with Crippen molar-refractivity contribution in [2.45, 2.75) is 12.5 Å². The number of ether oxygens (including phenoxy) is 1. The Morgan fingerprint density at radius 3 is 2.59 bits per heavy atom. The average Bonchev–Trinajstić information content (AvgIpc) is 3.18. The Balaban J connectivity index is 1.57. The van der Waals surface area contributed by atoms with E-state index in [9.17, 15) is 9.18 Å². The number of aromatic nitrogens is 1. The number of nitrogens with one attached hydrogen (secondary N) is 2. The predicted molar refractivity (Wildman–Crippen MR) is 124 cm³/mol. The van der Waals surface area contributed by atoms with Gasteiger partial charge in [0.1, 0.15) is 11.6 Å². The fraction of sp³-hybridized carbons (Fsp3) is 0.160. The first-order valence-corrected chi connectivity index (χ1v) is 10.7. The van der Waals surface area contributed by atoms with Gasteiger partial charge in [0.25, 0.3) is 0 Å². The van der Waals surface area contributed by atoms with E-state index in [0.717, 1.165) is 33.5 Å². The van der Waals surface area contributed by atoms with Gasteiger partial charge in [0.2, 0.25) is 0 Å². The smallest absolute Gasteiger partial charge is 0.322 e. The zero-order valence-corrected chi connectivity index (χ0v) is 18.1. The van der Waals surface area contributed by atoms with E-state index in [2.05, 4.69) is 10.3 Å². The number of carbonyl (C=O) groups is 1. The molecule has 2 amide bonds. The first-order valence-electron chi connectivity index (χ1n) is 10.3. The fourth-order valence-corrected chi connectivity index (χ4v) is 4.51. The van der Waals surface area contributed by atoms with Gasteiger partial charge in [-0.05, 0) is 72.1 Å². The maximum atomic E-state index is 13.3. The zero-order chi connectivity index (χ0) is 22.2. The maximum absolute atomic E-state index is 13.3. The summed E-state index contributed by atoms with van der Waals surface area (Å²) in [5.74, 6) is 0.397. The van der Waals surface area contributed by atoms with Crippen LogP contribution in [0.25, 0.3) is 10.9 Å². The quantitative estimate of drug-likeness (QED) is 0.394. The van der Waals surface area contributed by atoms with Crippen molar-refractivity contribution >= 4 is 34.2 Å². The third kappa shape index (κ3) is 3.67. The molecular formula is C25H21ClFN3O2. The molecule has 0 spiro atoms. The molecule has 7 heteroatoms. The van der Waals surface area contributed by atoms with Crippen LogP contribution >= 0.6 is 11.6 Å². The number of nitrogens with zero attached hydrogens (tertiary/aromatic N) is 1. The highest BCUT2D eigenvalue weighted by Gasteiger charge is 2.34. The third-order valence-electron chi connectivity index (χ3n) is 5.88. The minimum absolute atomic E-state index is 0.250. The number of rotatable bonds is 3. The number of fused-ring (bicyclic) bond motifs is 3. The van der Waals surface area contributed by atoms with Crippen molar-refractivity contribution < 1.29 is 13.9 Å². The van der Waals surface area contributed by atoms with Gasteiger partial charge in [0, 0.05) is 33.9 Å². The van der Waals surface area contributed by atoms with Gasteiger partial charge in [0.15, 0.2) is 0 Å². The lowest BCUT2D eigenvalue weighted by Crippen LogP contribution is -2.43. The van der Waals surface area contributed by atoms with Crippen molar-refractivity contribution in [2.75, 3.05) is 19.0 Å². The molecule has 5 nitrogen and oxygen atoms in total. The highest BCUT2D eigenvalue weighted by Crippen LogP contribution is 2.39. The van der Waals surface area contributed by atoms with E-state index in [4.69, 9.17) is 16.3 Å². The molecule has 5 rings (SSSR count). The van der Waals surface area contributed by atoms with Gasteiger partial charge >= 0.3 is 6.03 Å². The summed E-state index contributed by atoms with van der Waals surface area (Å²) in [5.41, 5.74) is 4.61. The molecule has 162 valence electrons. The third-order valence-corrected chi connectivity index (χ3v) is 6.11. The second-order valence-electron chi connectivity index (χ2n) is 7.76. The lowest BCUT2D eigenvalue weighted by atomic mass is 9.92. The molecule has 0 aliphatic carbocycles. The Labute approximate surface area is 189 Å². The van der Waals surface area contributed by atoms with Crippen LogP contribution in [0.1, 0.15) is 22.9 Å². The lowest BCUT2D eigenvalue weighted by Gasteiger charge is -2.36. The van der Waals surface area contributed by atoms with Gasteiger partial charge in [-0.25, -0.2) is 9.18 Å². The monoisotopic (exact) mass is 449 g/mol. The molecular weight excluding hydrogens is 429 g/mol. The Morgan fingerprint density at radius 1 is 1.12 bits per heavy atom. The second kappa shape index (κ2) is 8.20. The van der Waals surface area contributed by atoms with Gasteiger partial charge in [-0.1, -0.05) is 23.7 Å². The number of amides is 2. The summed E-state index contributed by atoms with van der Waals surface area (Å²) in [6.45, 7) is 0.524. The molecule has 2 N–H and O–H groups in total. The van der Waals surface area contributed by atoms with E-state index in [1.54, 1.807) is 24.1 Å². The van der Waals surface area contributed by atoms with E-state index in [1.807, 2.05) is 42.5 Å². The second-order valence-corrected chi connectivity index (χ2v) is 8.20. The first-order chi connectivity index (χ1) is 15.5. The highest BCUT2D eigenvalue weighted by atomic mass is 35.5. The van der Waals surface area contributed by atoms with Crippen LogP contribution in [0.15, 0.2) is 66.7 Å². The Bertz CT molecular complexity index is 1290. The van der Waals surface area contributed by atoms with Crippen molar-refractivity contribution in [3.8, 4) is 5.75 Å². The molecule has 4 aromatic rings. The van der Waals surface area contributed by atoms with Crippen molar-refractivity contribution in [3.63, 3.8) is 0 Å². The normalized spacial score (nSPS) is 15.5. The van der Waals surface area contributed by atoms with Crippen LogP contribution in [-0.2, 0) is 6.42 Å². The van der Waals surface area contributed by atoms with Crippen molar-refractivity contribution in [2.24, 2.45) is 0 Å². The average molecular weight is 450 g/mol. The lowest BCUT2D eigenvalue weighted by molar-refractivity contribution is 0.193. The van der Waals surface area contributed by atoms with Gasteiger partial charge in [-0.2, -0.15) is 0 Å². The molecule has 0 radical (unpaired) electrons. The molecule has 1 aliphatic rings. The Morgan fingerprint density at radius 2 is 1.88 bits per heavy atom. The summed E-state index contributed by atoms with van der Waals surface area (Å²) in [5, 5.41) is 4.65. The molecule has 0 bridgehead atoms. The van der Waals surface area contributed by atoms with Crippen LogP contribution in [0.5, 0.6) is 5.75 Å². The SMILES string of the molecule is COc1ccc([C@@H]2c3[nH]c4ccc(Cl)cc4c3CCN2C(=O)Nc2ccc(F)cc2)cc1. The van der Waals surface area contributed by atoms with E-state index in [1.165, 1.54) is 12.1 Å². The predicted octanol–water partition coefficient (Wildman–Crippen LogP) is 6.15. The van der Waals surface area contributed by atoms with Gasteiger partial charge in [-0.15, -0.1) is 0 Å². The topological polar surface area (TPSA) is 57.4 Å². The van der Waals surface area contributed by atoms with Crippen LogP contribution in [0, 0.1) is 5.82 Å². The summed E-state index contributed by atoms with van der Waals surface area (Å²) < 4.78 is 18.6. The van der Waals surface area contributed by atoms with Gasteiger partial charge in [-0.3, -0.25) is 0 Å². The summed E-state index contributed by atoms with van der Waals surface area (Å²) in [4.78, 5) is 18.6. The molecule has 3 aromatic carbocycles. The van der Waals surface area contributed by atoms with E-state index in [-0.39, 0.29) is 17.9 Å². The number of carbonyl (C=O) groups excluding carboxylic acids is 1. The number of halogens is 2. The number of benzene rings is 3. The molecule has 0 unspecified atom stereocenters. The maximum Gasteiger partial charge on any atom is 0.322 e. The van der Waals surface area contributed by atoms with Crippen LogP contribution in [-0.4, -0.2) is 29.6 Å². The molecule has 0 saturated heterocycles. The first kappa shape index (κ1) is 20.4. The standard InChI is InChI=1S/C25H21ClFN3O2/c1-32-19-9-2-15(3-10-19)24-23-20(21-14-16(26)4-11-22(21)29-23)12-13-30(24)25(31)28-18-7-5-17(27)6-8-18/h2-11,14,24,29H,12-13H2,1H3,(H,28,31)/t24-/m1/s1. The number of aromatic amines is 1. The molecule has 1 atom stereocenters. The van der Waals surface area contributed by atoms with E-state index >= 15 is 0 Å². The van der Waals surface area contributed by atoms with Crippen molar-refractivity contribution in [1.82, 2.24) is 9.88 Å². The van der Waals surface area contributed by atoms with Crippen molar-refractivity contribution in [3.05, 3.63) is 94.4 Å². The molecule has 1 aromatic heterocycles. The molecule has 2 heterocycles. The minimum Gasteiger partial charge on any atom is -0.497 e. The van der Waals surface area contributed by atoms with Gasteiger partial charge < -0.3 is 19.9 Å². The summed E-state index contributed by atoms with van der Waals surface area (Å²) in [6.07, 6.45) is 0.694. The molecule has 32 heavy (non-hydrogen) atoms. The number of urea groups is 1. The molecule has 0 saturated carbocycles. The minimum atomic E-state index is -0.349. The van der Waals surface area contributed by atoms with Crippen LogP contribution in [0.3, 0.4) is 0 Å². The summed E-state index contributed by atoms with van der Waals surface area (Å²) >= 11 is 6.26. The zero-order valence-electron chi connectivity index (χ0n) is 17.4. The highest BCUT2D eigenvalue weighted by molar-refractivity contribution is 6.31. The van der Waals surface area contributed by atoms with Gasteiger partial charge in [0.05, 0.1) is 13.2 Å². The van der Waals surface area contributed by atoms with Crippen LogP contribution < -0.4 is 10.1 Å². The van der Waals surface area contributed by atoms with E-state index in [0.29, 0.717) is 23.7 Å². The number of H-pyrrole nitrogens is 1. The number of hydrogen-bond donors (Lipinski definition) is 2. The number of methoxy groups -OCH3 is 1. The Kier molecular flexibility index (Phi) is 5.23.